The fourth-order valence-electron chi connectivity index (χ4n) is 6.86. The molecule has 1 aromatic heterocycles. The van der Waals surface area contributed by atoms with Gasteiger partial charge in [0.15, 0.2) is 23.0 Å². The standard InChI is InChI=1S/C35H33NO6/c1-36-12-11-22-23-10-9-21-15-30(38-2)31(39-3)17-24(21)33(23)35(41-5)34(40-4)27(22)16-28(36)25-18-32(37)42-29-14-20-8-6-7-19(20)13-26(25)29/h9-10,13-18H,6-8,11-12H2,1-5H3. The van der Waals surface area contributed by atoms with Gasteiger partial charge in [-0.2, -0.15) is 0 Å². The molecule has 0 saturated heterocycles. The quantitative estimate of drug-likeness (QED) is 0.176. The molecule has 4 aromatic carbocycles. The van der Waals surface area contributed by atoms with Gasteiger partial charge in [-0.25, -0.2) is 4.79 Å². The fourth-order valence-corrected chi connectivity index (χ4v) is 6.86. The summed E-state index contributed by atoms with van der Waals surface area (Å²) < 4.78 is 29.1. The van der Waals surface area contributed by atoms with E-state index in [1.54, 1.807) is 34.5 Å². The van der Waals surface area contributed by atoms with Gasteiger partial charge < -0.3 is 28.3 Å². The average Bonchev–Trinajstić information content (AvgIpc) is 3.39. The van der Waals surface area contributed by atoms with Crippen LogP contribution < -0.4 is 24.6 Å². The number of hydrogen-bond donors (Lipinski definition) is 0. The summed E-state index contributed by atoms with van der Waals surface area (Å²) in [6.45, 7) is 0.750. The number of rotatable bonds is 5. The van der Waals surface area contributed by atoms with Gasteiger partial charge in [0.05, 0.1) is 28.4 Å². The molecule has 2 heterocycles. The van der Waals surface area contributed by atoms with Crippen LogP contribution in [0.5, 0.6) is 23.0 Å². The number of fused-ring (bicyclic) bond motifs is 7. The molecule has 7 nitrogen and oxygen atoms in total. The maximum absolute atomic E-state index is 12.8. The summed E-state index contributed by atoms with van der Waals surface area (Å²) in [7, 11) is 8.71. The molecule has 0 fully saturated rings. The van der Waals surface area contributed by atoms with Crippen LogP contribution in [0.2, 0.25) is 0 Å². The van der Waals surface area contributed by atoms with E-state index in [0.29, 0.717) is 28.6 Å². The number of hydrogen-bond acceptors (Lipinski definition) is 7. The molecule has 214 valence electrons. The highest BCUT2D eigenvalue weighted by Crippen LogP contribution is 2.49. The van der Waals surface area contributed by atoms with Crippen LogP contribution in [0, 0.1) is 0 Å². The predicted molar refractivity (Wildman–Crippen MR) is 166 cm³/mol. The SMILES string of the molecule is COc1cc2ccc3c4c(c(OC)c(OC)c3c2cc1OC)C=C(c1cc(=O)oc2cc3c(cc12)CCC3)N(C)CC4. The number of methoxy groups -OCH3 is 4. The zero-order valence-corrected chi connectivity index (χ0v) is 24.6. The van der Waals surface area contributed by atoms with Crippen LogP contribution in [0.15, 0.2) is 51.7 Å². The molecule has 7 heteroatoms. The van der Waals surface area contributed by atoms with Crippen molar-refractivity contribution in [1.82, 2.24) is 4.90 Å². The summed E-state index contributed by atoms with van der Waals surface area (Å²) in [5.74, 6) is 2.63. The first-order valence-electron chi connectivity index (χ1n) is 14.2. The van der Waals surface area contributed by atoms with Gasteiger partial charge in [0.2, 0.25) is 0 Å². The van der Waals surface area contributed by atoms with Crippen LogP contribution in [0.25, 0.3) is 44.3 Å². The van der Waals surface area contributed by atoms with E-state index < -0.39 is 0 Å². The van der Waals surface area contributed by atoms with Crippen molar-refractivity contribution < 1.29 is 23.4 Å². The minimum atomic E-state index is -0.354. The third-order valence-electron chi connectivity index (χ3n) is 8.88. The molecule has 0 spiro atoms. The van der Waals surface area contributed by atoms with Crippen molar-refractivity contribution >= 4 is 44.3 Å². The van der Waals surface area contributed by atoms with Gasteiger partial charge in [0.25, 0.3) is 0 Å². The van der Waals surface area contributed by atoms with Gasteiger partial charge in [0.1, 0.15) is 5.58 Å². The van der Waals surface area contributed by atoms with Crippen LogP contribution in [-0.2, 0) is 19.3 Å². The second-order valence-corrected chi connectivity index (χ2v) is 11.0. The van der Waals surface area contributed by atoms with Crippen molar-refractivity contribution in [1.29, 1.82) is 0 Å². The van der Waals surface area contributed by atoms with Crippen molar-refractivity contribution in [3.05, 3.63) is 80.7 Å². The van der Waals surface area contributed by atoms with Gasteiger partial charge >= 0.3 is 5.63 Å². The first kappa shape index (κ1) is 26.3. The molecule has 5 aromatic rings. The molecule has 1 aliphatic carbocycles. The lowest BCUT2D eigenvalue weighted by molar-refractivity contribution is 0.355. The van der Waals surface area contributed by atoms with Crippen LogP contribution >= 0.6 is 0 Å². The Morgan fingerprint density at radius 1 is 0.762 bits per heavy atom. The van der Waals surface area contributed by atoms with E-state index in [-0.39, 0.29) is 5.63 Å². The molecule has 0 unspecified atom stereocenters. The Morgan fingerprint density at radius 2 is 1.50 bits per heavy atom. The minimum Gasteiger partial charge on any atom is -0.493 e. The predicted octanol–water partition coefficient (Wildman–Crippen LogP) is 6.61. The topological polar surface area (TPSA) is 70.4 Å². The Kier molecular flexibility index (Phi) is 6.26. The van der Waals surface area contributed by atoms with Gasteiger partial charge in [0, 0.05) is 47.3 Å². The molecule has 42 heavy (non-hydrogen) atoms. The summed E-state index contributed by atoms with van der Waals surface area (Å²) in [6.07, 6.45) is 6.11. The van der Waals surface area contributed by atoms with Crippen LogP contribution in [0.3, 0.4) is 0 Å². The molecule has 1 aliphatic heterocycles. The summed E-state index contributed by atoms with van der Waals surface area (Å²) >= 11 is 0. The van der Waals surface area contributed by atoms with E-state index in [9.17, 15) is 4.79 Å². The van der Waals surface area contributed by atoms with Gasteiger partial charge in [-0.15, -0.1) is 0 Å². The second kappa shape index (κ2) is 10.0. The van der Waals surface area contributed by atoms with Crippen LogP contribution in [-0.4, -0.2) is 46.9 Å². The van der Waals surface area contributed by atoms with Gasteiger partial charge in [-0.1, -0.05) is 12.1 Å². The smallest absolute Gasteiger partial charge is 0.336 e. The van der Waals surface area contributed by atoms with Crippen molar-refractivity contribution in [2.24, 2.45) is 0 Å². The van der Waals surface area contributed by atoms with E-state index in [1.165, 1.54) is 11.1 Å². The second-order valence-electron chi connectivity index (χ2n) is 11.0. The molecule has 0 saturated carbocycles. The molecule has 0 N–H and O–H groups in total. The molecule has 0 atom stereocenters. The molecule has 7 rings (SSSR count). The fraction of sp³-hybridized carbons (Fsp3) is 0.286. The van der Waals surface area contributed by atoms with Crippen molar-refractivity contribution in [3.8, 4) is 23.0 Å². The number of benzene rings is 4. The van der Waals surface area contributed by atoms with Crippen LogP contribution in [0.4, 0.5) is 0 Å². The highest BCUT2D eigenvalue weighted by atomic mass is 16.5. The summed E-state index contributed by atoms with van der Waals surface area (Å²) in [5, 5.41) is 5.01. The lowest BCUT2D eigenvalue weighted by Crippen LogP contribution is -2.19. The normalized spacial score (nSPS) is 14.5. The lowest BCUT2D eigenvalue weighted by Gasteiger charge is -2.22. The molecule has 0 bridgehead atoms. The highest BCUT2D eigenvalue weighted by Gasteiger charge is 2.27. The largest absolute Gasteiger partial charge is 0.493 e. The van der Waals surface area contributed by atoms with E-state index in [4.69, 9.17) is 23.4 Å². The average molecular weight is 564 g/mol. The van der Waals surface area contributed by atoms with E-state index in [2.05, 4.69) is 42.3 Å². The number of ether oxygens (including phenoxy) is 4. The first-order valence-corrected chi connectivity index (χ1v) is 14.2. The van der Waals surface area contributed by atoms with E-state index >= 15 is 0 Å². The Morgan fingerprint density at radius 3 is 2.24 bits per heavy atom. The van der Waals surface area contributed by atoms with Gasteiger partial charge in [-0.3, -0.25) is 0 Å². The molecular weight excluding hydrogens is 530 g/mol. The third-order valence-corrected chi connectivity index (χ3v) is 8.88. The van der Waals surface area contributed by atoms with E-state index in [1.807, 2.05) is 12.1 Å². The van der Waals surface area contributed by atoms with Crippen LogP contribution in [0.1, 0.15) is 34.2 Å². The zero-order chi connectivity index (χ0) is 29.1. The Bertz CT molecular complexity index is 2000. The molecular formula is C35H33NO6. The Balaban J connectivity index is 1.54. The molecule has 2 aliphatic rings. The molecule has 0 radical (unpaired) electrons. The Hall–Kier alpha value is -4.65. The van der Waals surface area contributed by atoms with Crippen molar-refractivity contribution in [3.63, 3.8) is 0 Å². The molecule has 0 amide bonds. The zero-order valence-electron chi connectivity index (χ0n) is 24.6. The van der Waals surface area contributed by atoms with Crippen molar-refractivity contribution in [2.75, 3.05) is 42.0 Å². The van der Waals surface area contributed by atoms with E-state index in [0.717, 1.165) is 81.5 Å². The monoisotopic (exact) mass is 563 g/mol. The summed E-state index contributed by atoms with van der Waals surface area (Å²) in [5.41, 5.74) is 6.80. The maximum Gasteiger partial charge on any atom is 0.336 e. The van der Waals surface area contributed by atoms with Crippen molar-refractivity contribution in [2.45, 2.75) is 25.7 Å². The maximum atomic E-state index is 12.8. The summed E-state index contributed by atoms with van der Waals surface area (Å²) in [6, 6.07) is 14.1. The first-order chi connectivity index (χ1) is 20.4. The third kappa shape index (κ3) is 3.91. The number of aryl methyl sites for hydroxylation is 2. The number of nitrogens with zero attached hydrogens (tertiary/aromatic N) is 1. The lowest BCUT2D eigenvalue weighted by atomic mass is 9.91. The van der Waals surface area contributed by atoms with Gasteiger partial charge in [-0.05, 0) is 88.9 Å². The number of likely N-dealkylation sites (N-methyl/N-ethyl adjacent to an activating group) is 1. The summed E-state index contributed by atoms with van der Waals surface area (Å²) in [4.78, 5) is 15.0. The Labute approximate surface area is 243 Å². The minimum absolute atomic E-state index is 0.354. The highest BCUT2D eigenvalue weighted by molar-refractivity contribution is 6.15.